The summed E-state index contributed by atoms with van der Waals surface area (Å²) >= 11 is 3.19. The van der Waals surface area contributed by atoms with Crippen molar-refractivity contribution in [2.24, 2.45) is 0 Å². The lowest BCUT2D eigenvalue weighted by molar-refractivity contribution is -0.274. The van der Waals surface area contributed by atoms with Gasteiger partial charge in [0, 0.05) is 28.8 Å². The highest BCUT2D eigenvalue weighted by molar-refractivity contribution is 9.10. The minimum absolute atomic E-state index is 0.214. The van der Waals surface area contributed by atoms with Crippen molar-refractivity contribution >= 4 is 27.4 Å². The summed E-state index contributed by atoms with van der Waals surface area (Å²) in [5, 5.41) is 11.9. The molecule has 3 heterocycles. The van der Waals surface area contributed by atoms with Gasteiger partial charge < -0.3 is 15.0 Å². The summed E-state index contributed by atoms with van der Waals surface area (Å²) in [6.07, 6.45) is -0.889. The molecule has 1 aliphatic rings. The fraction of sp³-hybridized carbons (Fsp3) is 0.368. The summed E-state index contributed by atoms with van der Waals surface area (Å²) in [6.45, 7) is 1.95. The molecule has 154 valence electrons. The summed E-state index contributed by atoms with van der Waals surface area (Å²) in [7, 11) is 2.07. The van der Waals surface area contributed by atoms with Crippen molar-refractivity contribution in [2.75, 3.05) is 25.5 Å². The number of nitrogens with one attached hydrogen (secondary N) is 1. The Morgan fingerprint density at radius 1 is 1.24 bits per heavy atom. The van der Waals surface area contributed by atoms with E-state index >= 15 is 0 Å². The number of hydrogen-bond donors (Lipinski definition) is 1. The van der Waals surface area contributed by atoms with Crippen molar-refractivity contribution in [3.8, 4) is 17.0 Å². The zero-order valence-corrected chi connectivity index (χ0v) is 17.2. The predicted molar refractivity (Wildman–Crippen MR) is 107 cm³/mol. The summed E-state index contributed by atoms with van der Waals surface area (Å²) in [5.74, 6) is 0.225. The molecule has 0 bridgehead atoms. The van der Waals surface area contributed by atoms with Crippen LogP contribution in [0.2, 0.25) is 0 Å². The van der Waals surface area contributed by atoms with E-state index in [2.05, 4.69) is 48.1 Å². The second-order valence-electron chi connectivity index (χ2n) is 7.07. The average molecular weight is 470 g/mol. The van der Waals surface area contributed by atoms with Crippen molar-refractivity contribution in [3.05, 3.63) is 41.0 Å². The van der Waals surface area contributed by atoms with Crippen molar-refractivity contribution < 1.29 is 17.9 Å². The van der Waals surface area contributed by atoms with Crippen LogP contribution in [0.25, 0.3) is 16.8 Å². The van der Waals surface area contributed by atoms with Crippen molar-refractivity contribution in [3.63, 3.8) is 0 Å². The van der Waals surface area contributed by atoms with Crippen LogP contribution in [0.15, 0.2) is 41.0 Å². The molecule has 3 aromatic rings. The fourth-order valence-electron chi connectivity index (χ4n) is 3.61. The van der Waals surface area contributed by atoms with E-state index < -0.39 is 6.36 Å². The van der Waals surface area contributed by atoms with Gasteiger partial charge in [-0.05, 0) is 56.8 Å². The van der Waals surface area contributed by atoms with E-state index in [0.29, 0.717) is 21.6 Å². The first kappa shape index (κ1) is 20.0. The second-order valence-corrected chi connectivity index (χ2v) is 7.99. The molecule has 0 unspecified atom stereocenters. The predicted octanol–water partition coefficient (Wildman–Crippen LogP) is 4.56. The summed E-state index contributed by atoms with van der Waals surface area (Å²) in [6, 6.07) is 8.28. The molecule has 1 saturated heterocycles. The zero-order valence-electron chi connectivity index (χ0n) is 15.6. The van der Waals surface area contributed by atoms with Gasteiger partial charge in [-0.2, -0.15) is 0 Å². The Balaban J connectivity index is 1.73. The van der Waals surface area contributed by atoms with E-state index in [9.17, 15) is 13.2 Å². The molecule has 4 rings (SSSR count). The standard InChI is InChI=1S/C19H19BrF3N5O/c1-27-8-2-4-13(11-27)24-18-26-25-17(15-5-3-9-28(15)18)14-7-6-12(20)10-16(14)29-19(21,22)23/h3,5-7,9-10,13H,2,4,8,11H2,1H3,(H,24,26)/t13-/m1/s1. The van der Waals surface area contributed by atoms with E-state index in [1.807, 2.05) is 12.3 Å². The molecule has 0 radical (unpaired) electrons. The average Bonchev–Trinajstić information content (AvgIpc) is 3.12. The highest BCUT2D eigenvalue weighted by Gasteiger charge is 2.33. The lowest BCUT2D eigenvalue weighted by atomic mass is 10.1. The first-order valence-electron chi connectivity index (χ1n) is 9.15. The van der Waals surface area contributed by atoms with Crippen LogP contribution in [0.1, 0.15) is 12.8 Å². The second kappa shape index (κ2) is 7.83. The topological polar surface area (TPSA) is 54.7 Å². The molecule has 1 atom stereocenters. The molecule has 0 saturated carbocycles. The Bertz CT molecular complexity index is 1020. The third-order valence-electron chi connectivity index (χ3n) is 4.85. The van der Waals surface area contributed by atoms with Gasteiger partial charge >= 0.3 is 6.36 Å². The highest BCUT2D eigenvalue weighted by Crippen LogP contribution is 2.37. The molecule has 6 nitrogen and oxygen atoms in total. The van der Waals surface area contributed by atoms with E-state index in [4.69, 9.17) is 0 Å². The number of likely N-dealkylation sites (tertiary alicyclic amines) is 1. The van der Waals surface area contributed by atoms with Crippen LogP contribution >= 0.6 is 15.9 Å². The molecule has 1 fully saturated rings. The molecular weight excluding hydrogens is 451 g/mol. The molecule has 0 aliphatic carbocycles. The van der Waals surface area contributed by atoms with Gasteiger partial charge in [-0.3, -0.25) is 4.40 Å². The van der Waals surface area contributed by atoms with Gasteiger partial charge in [-0.25, -0.2) is 0 Å². The van der Waals surface area contributed by atoms with Crippen LogP contribution in [0.5, 0.6) is 5.75 Å². The molecule has 1 aromatic carbocycles. The van der Waals surface area contributed by atoms with E-state index in [-0.39, 0.29) is 17.4 Å². The summed E-state index contributed by atoms with van der Waals surface area (Å²) < 4.78 is 45.2. The monoisotopic (exact) mass is 469 g/mol. The van der Waals surface area contributed by atoms with E-state index in [0.717, 1.165) is 25.9 Å². The first-order valence-corrected chi connectivity index (χ1v) is 9.94. The number of anilines is 1. The molecular formula is C19H19BrF3N5O. The number of halogens is 4. The SMILES string of the molecule is CN1CCC[C@@H](Nc2nnc(-c3ccc(Br)cc3OC(F)(F)F)c3cccn23)C1. The number of nitrogens with zero attached hydrogens (tertiary/aromatic N) is 4. The maximum Gasteiger partial charge on any atom is 0.573 e. The Kier molecular flexibility index (Phi) is 5.39. The maximum absolute atomic E-state index is 12.9. The largest absolute Gasteiger partial charge is 0.573 e. The molecule has 0 spiro atoms. The van der Waals surface area contributed by atoms with E-state index in [1.54, 1.807) is 16.5 Å². The zero-order chi connectivity index (χ0) is 20.6. The van der Waals surface area contributed by atoms with Crippen molar-refractivity contribution in [1.82, 2.24) is 19.5 Å². The van der Waals surface area contributed by atoms with Gasteiger partial charge in [0.25, 0.3) is 0 Å². The summed E-state index contributed by atoms with van der Waals surface area (Å²) in [4.78, 5) is 2.25. The number of benzene rings is 1. The van der Waals surface area contributed by atoms with Crippen LogP contribution in [-0.2, 0) is 0 Å². The molecule has 10 heteroatoms. The number of likely N-dealkylation sites (N-methyl/N-ethyl adjacent to an activating group) is 1. The third kappa shape index (κ3) is 4.48. The Hall–Kier alpha value is -2.33. The Morgan fingerprint density at radius 3 is 2.83 bits per heavy atom. The lowest BCUT2D eigenvalue weighted by Crippen LogP contribution is -2.40. The maximum atomic E-state index is 12.9. The molecule has 1 aliphatic heterocycles. The molecule has 2 aromatic heterocycles. The van der Waals surface area contributed by atoms with Crippen LogP contribution in [-0.4, -0.2) is 52.0 Å². The van der Waals surface area contributed by atoms with Crippen LogP contribution in [0, 0.1) is 0 Å². The molecule has 1 N–H and O–H groups in total. The van der Waals surface area contributed by atoms with Gasteiger partial charge in [0.1, 0.15) is 11.4 Å². The van der Waals surface area contributed by atoms with Crippen LogP contribution in [0.3, 0.4) is 0 Å². The number of ether oxygens (including phenoxy) is 1. The van der Waals surface area contributed by atoms with E-state index in [1.165, 1.54) is 12.1 Å². The number of aromatic nitrogens is 3. The van der Waals surface area contributed by atoms with Crippen LogP contribution in [0.4, 0.5) is 19.1 Å². The van der Waals surface area contributed by atoms with Gasteiger partial charge in [0.15, 0.2) is 0 Å². The first-order chi connectivity index (χ1) is 13.8. The molecule has 0 amide bonds. The third-order valence-corrected chi connectivity index (χ3v) is 5.34. The quantitative estimate of drug-likeness (QED) is 0.606. The summed E-state index contributed by atoms with van der Waals surface area (Å²) in [5.41, 5.74) is 1.17. The number of rotatable bonds is 4. The minimum atomic E-state index is -4.81. The Morgan fingerprint density at radius 2 is 2.07 bits per heavy atom. The molecule has 29 heavy (non-hydrogen) atoms. The Labute approximate surface area is 173 Å². The normalized spacial score (nSPS) is 18.2. The number of hydrogen-bond acceptors (Lipinski definition) is 5. The van der Waals surface area contributed by atoms with Gasteiger partial charge in [0.05, 0.1) is 5.52 Å². The van der Waals surface area contributed by atoms with Gasteiger partial charge in [-0.15, -0.1) is 23.4 Å². The minimum Gasteiger partial charge on any atom is -0.405 e. The number of fused-ring (bicyclic) bond motifs is 1. The van der Waals surface area contributed by atoms with Crippen molar-refractivity contribution in [1.29, 1.82) is 0 Å². The number of piperidine rings is 1. The lowest BCUT2D eigenvalue weighted by Gasteiger charge is -2.30. The fourth-order valence-corrected chi connectivity index (χ4v) is 3.95. The van der Waals surface area contributed by atoms with Crippen molar-refractivity contribution in [2.45, 2.75) is 25.2 Å². The van der Waals surface area contributed by atoms with Gasteiger partial charge in [-0.1, -0.05) is 15.9 Å². The van der Waals surface area contributed by atoms with Gasteiger partial charge in [0.2, 0.25) is 5.95 Å². The van der Waals surface area contributed by atoms with Crippen LogP contribution < -0.4 is 10.1 Å². The smallest absolute Gasteiger partial charge is 0.405 e. The number of alkyl halides is 3. The highest BCUT2D eigenvalue weighted by atomic mass is 79.9.